The molecule has 0 aromatic rings. The van der Waals surface area contributed by atoms with Crippen LogP contribution in [-0.4, -0.2) is 0 Å². The first-order chi connectivity index (χ1) is 7.72. The van der Waals surface area contributed by atoms with Gasteiger partial charge in [0.15, 0.2) is 0 Å². The molecule has 4 unspecified atom stereocenters. The highest BCUT2D eigenvalue weighted by Gasteiger charge is 2.30. The largest absolute Gasteiger partial charge is 0.198 e. The molecule has 1 aliphatic carbocycles. The summed E-state index contributed by atoms with van der Waals surface area (Å²) < 4.78 is 0. The third kappa shape index (κ3) is 3.11. The van der Waals surface area contributed by atoms with Crippen molar-refractivity contribution < 1.29 is 0 Å². The molecule has 4 atom stereocenters. The molecule has 1 fully saturated rings. The predicted molar refractivity (Wildman–Crippen MR) is 64.1 cm³/mol. The number of nitrogens with zero attached hydrogens (tertiary/aromatic N) is 2. The quantitative estimate of drug-likeness (QED) is 0.673. The van der Waals surface area contributed by atoms with E-state index in [-0.39, 0.29) is 5.92 Å². The zero-order valence-corrected chi connectivity index (χ0v) is 10.0. The third-order valence-electron chi connectivity index (χ3n) is 3.92. The van der Waals surface area contributed by atoms with Crippen molar-refractivity contribution in [2.75, 3.05) is 0 Å². The highest BCUT2D eigenvalue weighted by molar-refractivity contribution is 4.95. The molecule has 0 spiro atoms. The maximum absolute atomic E-state index is 8.95. The standard InChI is InChI=1S/C14H20N2/c1-3-12-6-7-13(11(2)10-16)9-14(12)5-4-8-15/h3,11-14H,1,4-7,9H2,2H3. The van der Waals surface area contributed by atoms with Gasteiger partial charge in [0.2, 0.25) is 0 Å². The van der Waals surface area contributed by atoms with Crippen LogP contribution in [0.15, 0.2) is 12.7 Å². The van der Waals surface area contributed by atoms with Gasteiger partial charge in [-0.25, -0.2) is 0 Å². The molecule has 0 aromatic carbocycles. The van der Waals surface area contributed by atoms with E-state index in [9.17, 15) is 0 Å². The van der Waals surface area contributed by atoms with Crippen molar-refractivity contribution in [1.82, 2.24) is 0 Å². The van der Waals surface area contributed by atoms with E-state index in [0.717, 1.165) is 25.7 Å². The molecule has 0 bridgehead atoms. The molecule has 0 aliphatic heterocycles. The summed E-state index contributed by atoms with van der Waals surface area (Å²) in [5.41, 5.74) is 0. The molecule has 1 saturated carbocycles. The number of hydrogen-bond acceptors (Lipinski definition) is 2. The maximum Gasteiger partial charge on any atom is 0.0655 e. The minimum atomic E-state index is 0.148. The van der Waals surface area contributed by atoms with Crippen LogP contribution in [-0.2, 0) is 0 Å². The van der Waals surface area contributed by atoms with Crippen LogP contribution < -0.4 is 0 Å². The molecule has 0 radical (unpaired) electrons. The van der Waals surface area contributed by atoms with Crippen molar-refractivity contribution in [1.29, 1.82) is 10.5 Å². The predicted octanol–water partition coefficient (Wildman–Crippen LogP) is 3.67. The number of hydrogen-bond donors (Lipinski definition) is 0. The van der Waals surface area contributed by atoms with Crippen LogP contribution in [0.5, 0.6) is 0 Å². The molecule has 0 aromatic heterocycles. The van der Waals surface area contributed by atoms with E-state index in [4.69, 9.17) is 10.5 Å². The van der Waals surface area contributed by atoms with Gasteiger partial charge in [0.25, 0.3) is 0 Å². The van der Waals surface area contributed by atoms with E-state index in [2.05, 4.69) is 18.7 Å². The minimum Gasteiger partial charge on any atom is -0.198 e. The average Bonchev–Trinajstić information content (AvgIpc) is 2.34. The Morgan fingerprint density at radius 2 is 2.19 bits per heavy atom. The fourth-order valence-corrected chi connectivity index (χ4v) is 2.78. The fraction of sp³-hybridized carbons (Fsp3) is 0.714. The molecule has 0 heterocycles. The van der Waals surface area contributed by atoms with Gasteiger partial charge in [0.1, 0.15) is 0 Å². The van der Waals surface area contributed by atoms with Crippen molar-refractivity contribution in [2.45, 2.75) is 39.0 Å². The van der Waals surface area contributed by atoms with Crippen molar-refractivity contribution >= 4 is 0 Å². The van der Waals surface area contributed by atoms with Gasteiger partial charge < -0.3 is 0 Å². The van der Waals surface area contributed by atoms with Crippen LogP contribution in [0, 0.1) is 46.3 Å². The summed E-state index contributed by atoms with van der Waals surface area (Å²) in [6.45, 7) is 5.90. The molecule has 86 valence electrons. The normalized spacial score (nSPS) is 31.1. The van der Waals surface area contributed by atoms with Gasteiger partial charge in [0, 0.05) is 12.3 Å². The Balaban J connectivity index is 2.59. The molecular formula is C14H20N2. The molecule has 2 nitrogen and oxygen atoms in total. The Hall–Kier alpha value is -1.28. The van der Waals surface area contributed by atoms with Gasteiger partial charge in [-0.05, 0) is 50.4 Å². The van der Waals surface area contributed by atoms with E-state index in [1.807, 2.05) is 13.0 Å². The van der Waals surface area contributed by atoms with Crippen LogP contribution in [0.2, 0.25) is 0 Å². The Labute approximate surface area is 98.6 Å². The number of allylic oxidation sites excluding steroid dienone is 1. The summed E-state index contributed by atoms with van der Waals surface area (Å²) in [4.78, 5) is 0. The van der Waals surface area contributed by atoms with Crippen LogP contribution in [0.4, 0.5) is 0 Å². The lowest BCUT2D eigenvalue weighted by Gasteiger charge is -2.35. The minimum absolute atomic E-state index is 0.148. The second kappa shape index (κ2) is 6.33. The number of nitriles is 2. The van der Waals surface area contributed by atoms with E-state index in [0.29, 0.717) is 24.2 Å². The molecule has 0 saturated heterocycles. The number of rotatable bonds is 4. The summed E-state index contributed by atoms with van der Waals surface area (Å²) in [6, 6.07) is 4.57. The van der Waals surface area contributed by atoms with E-state index >= 15 is 0 Å². The van der Waals surface area contributed by atoms with Gasteiger partial charge in [-0.3, -0.25) is 0 Å². The van der Waals surface area contributed by atoms with Crippen molar-refractivity contribution in [3.8, 4) is 12.1 Å². The lowest BCUT2D eigenvalue weighted by molar-refractivity contribution is 0.179. The zero-order chi connectivity index (χ0) is 12.0. The second-order valence-corrected chi connectivity index (χ2v) is 4.85. The molecule has 0 amide bonds. The Kier molecular flexibility index (Phi) is 5.06. The average molecular weight is 216 g/mol. The maximum atomic E-state index is 8.95. The van der Waals surface area contributed by atoms with Gasteiger partial charge in [-0.1, -0.05) is 6.08 Å². The first-order valence-electron chi connectivity index (χ1n) is 6.12. The van der Waals surface area contributed by atoms with Gasteiger partial charge in [-0.15, -0.1) is 6.58 Å². The van der Waals surface area contributed by atoms with Crippen LogP contribution in [0.25, 0.3) is 0 Å². The van der Waals surface area contributed by atoms with E-state index < -0.39 is 0 Å². The molecule has 2 heteroatoms. The smallest absolute Gasteiger partial charge is 0.0655 e. The van der Waals surface area contributed by atoms with Gasteiger partial charge in [-0.2, -0.15) is 10.5 Å². The first kappa shape index (κ1) is 12.8. The summed E-state index contributed by atoms with van der Waals surface area (Å²) in [6.07, 6.45) is 6.98. The lowest BCUT2D eigenvalue weighted by Crippen LogP contribution is -2.26. The highest BCUT2D eigenvalue weighted by atomic mass is 14.4. The fourth-order valence-electron chi connectivity index (χ4n) is 2.78. The van der Waals surface area contributed by atoms with E-state index in [1.54, 1.807) is 0 Å². The van der Waals surface area contributed by atoms with Crippen LogP contribution >= 0.6 is 0 Å². The molecule has 0 N–H and O–H groups in total. The SMILES string of the molecule is C=CC1CCC(C(C)C#N)CC1CCC#N. The summed E-state index contributed by atoms with van der Waals surface area (Å²) >= 11 is 0. The zero-order valence-electron chi connectivity index (χ0n) is 10.0. The Morgan fingerprint density at radius 3 is 2.75 bits per heavy atom. The monoisotopic (exact) mass is 216 g/mol. The second-order valence-electron chi connectivity index (χ2n) is 4.85. The Bertz CT molecular complexity index is 308. The van der Waals surface area contributed by atoms with Gasteiger partial charge in [0.05, 0.1) is 12.1 Å². The van der Waals surface area contributed by atoms with Gasteiger partial charge >= 0.3 is 0 Å². The topological polar surface area (TPSA) is 47.6 Å². The summed E-state index contributed by atoms with van der Waals surface area (Å²) in [5.74, 6) is 1.78. The first-order valence-corrected chi connectivity index (χ1v) is 6.12. The van der Waals surface area contributed by atoms with Crippen molar-refractivity contribution in [3.05, 3.63) is 12.7 Å². The molecule has 1 rings (SSSR count). The molecular weight excluding hydrogens is 196 g/mol. The third-order valence-corrected chi connectivity index (χ3v) is 3.92. The summed E-state index contributed by atoms with van der Waals surface area (Å²) in [7, 11) is 0. The summed E-state index contributed by atoms with van der Waals surface area (Å²) in [5, 5.41) is 17.6. The highest BCUT2D eigenvalue weighted by Crippen LogP contribution is 2.39. The molecule has 1 aliphatic rings. The molecule has 16 heavy (non-hydrogen) atoms. The Morgan fingerprint density at radius 1 is 1.44 bits per heavy atom. The van der Waals surface area contributed by atoms with Crippen molar-refractivity contribution in [3.63, 3.8) is 0 Å². The van der Waals surface area contributed by atoms with Crippen LogP contribution in [0.1, 0.15) is 39.0 Å². The van der Waals surface area contributed by atoms with Crippen LogP contribution in [0.3, 0.4) is 0 Å². The lowest BCUT2D eigenvalue weighted by atomic mass is 9.69. The van der Waals surface area contributed by atoms with E-state index in [1.165, 1.54) is 0 Å². The van der Waals surface area contributed by atoms with Crippen molar-refractivity contribution in [2.24, 2.45) is 23.7 Å².